The maximum absolute atomic E-state index is 11.0. The van der Waals surface area contributed by atoms with Crippen molar-refractivity contribution >= 4 is 11.8 Å². The largest absolute Gasteiger partial charge is 0.476 e. The summed E-state index contributed by atoms with van der Waals surface area (Å²) >= 11 is 0. The van der Waals surface area contributed by atoms with Crippen molar-refractivity contribution < 1.29 is 9.90 Å². The van der Waals surface area contributed by atoms with Gasteiger partial charge in [-0.1, -0.05) is 30.3 Å². The first kappa shape index (κ1) is 13.0. The van der Waals surface area contributed by atoms with Crippen LogP contribution in [0.5, 0.6) is 0 Å². The van der Waals surface area contributed by atoms with Crippen LogP contribution in [0, 0.1) is 0 Å². The molecule has 0 saturated carbocycles. The van der Waals surface area contributed by atoms with E-state index in [9.17, 15) is 4.79 Å². The van der Waals surface area contributed by atoms with Gasteiger partial charge in [-0.05, 0) is 18.9 Å². The van der Waals surface area contributed by atoms with Crippen molar-refractivity contribution in [3.63, 3.8) is 0 Å². The number of rotatable bonds is 5. The molecule has 1 unspecified atom stereocenters. The summed E-state index contributed by atoms with van der Waals surface area (Å²) in [4.78, 5) is 18.9. The minimum Gasteiger partial charge on any atom is -0.476 e. The fraction of sp³-hybridized carbons (Fsp3) is 0.214. The van der Waals surface area contributed by atoms with E-state index >= 15 is 0 Å². The second kappa shape index (κ2) is 5.95. The summed E-state index contributed by atoms with van der Waals surface area (Å²) in [6.45, 7) is 1.98. The lowest BCUT2D eigenvalue weighted by atomic mass is 10.1. The van der Waals surface area contributed by atoms with Crippen LogP contribution >= 0.6 is 0 Å². The number of hydrogen-bond donors (Lipinski definition) is 2. The van der Waals surface area contributed by atoms with Gasteiger partial charge < -0.3 is 10.4 Å². The van der Waals surface area contributed by atoms with Gasteiger partial charge in [-0.2, -0.15) is 0 Å². The van der Waals surface area contributed by atoms with E-state index in [1.54, 1.807) is 0 Å². The maximum Gasteiger partial charge on any atom is 0.358 e. The molecule has 1 heterocycles. The highest BCUT2D eigenvalue weighted by molar-refractivity contribution is 5.90. The summed E-state index contributed by atoms with van der Waals surface area (Å²) in [5, 5.41) is 12.1. The quantitative estimate of drug-likeness (QED) is 0.859. The number of benzene rings is 1. The second-order valence-corrected chi connectivity index (χ2v) is 4.29. The van der Waals surface area contributed by atoms with Crippen LogP contribution in [0.4, 0.5) is 5.82 Å². The lowest BCUT2D eigenvalue weighted by Crippen LogP contribution is -2.21. The summed E-state index contributed by atoms with van der Waals surface area (Å²) in [5.41, 5.74) is 1.13. The van der Waals surface area contributed by atoms with Crippen molar-refractivity contribution in [3.8, 4) is 0 Å². The van der Waals surface area contributed by atoms with Crippen molar-refractivity contribution in [3.05, 3.63) is 54.0 Å². The van der Waals surface area contributed by atoms with Gasteiger partial charge in [0.15, 0.2) is 11.5 Å². The molecular weight excluding hydrogens is 242 g/mol. The smallest absolute Gasteiger partial charge is 0.358 e. The molecule has 0 fully saturated rings. The Morgan fingerprint density at radius 2 is 1.95 bits per heavy atom. The predicted molar refractivity (Wildman–Crippen MR) is 72.2 cm³/mol. The zero-order valence-corrected chi connectivity index (χ0v) is 10.6. The Kier molecular flexibility index (Phi) is 4.07. The topological polar surface area (TPSA) is 75.1 Å². The van der Waals surface area contributed by atoms with E-state index in [0.29, 0.717) is 5.82 Å². The van der Waals surface area contributed by atoms with Crippen LogP contribution in [0.1, 0.15) is 23.0 Å². The Balaban J connectivity index is 2.07. The zero-order chi connectivity index (χ0) is 13.7. The first-order valence-corrected chi connectivity index (χ1v) is 6.01. The fourth-order valence-corrected chi connectivity index (χ4v) is 1.85. The number of aromatic nitrogens is 2. The Morgan fingerprint density at radius 3 is 2.63 bits per heavy atom. The molecular formula is C14H15N3O2. The van der Waals surface area contributed by atoms with Crippen LogP contribution < -0.4 is 5.32 Å². The van der Waals surface area contributed by atoms with Crippen molar-refractivity contribution in [2.45, 2.75) is 19.4 Å². The molecule has 0 bridgehead atoms. The molecule has 2 aromatic rings. The zero-order valence-electron chi connectivity index (χ0n) is 10.6. The van der Waals surface area contributed by atoms with E-state index < -0.39 is 5.97 Å². The Morgan fingerprint density at radius 1 is 1.26 bits per heavy atom. The minimum absolute atomic E-state index is 0.0533. The molecule has 19 heavy (non-hydrogen) atoms. The van der Waals surface area contributed by atoms with Crippen LogP contribution in [0.2, 0.25) is 0 Å². The van der Waals surface area contributed by atoms with Crippen LogP contribution in [-0.2, 0) is 6.42 Å². The summed E-state index contributed by atoms with van der Waals surface area (Å²) in [5.74, 6) is -0.777. The molecule has 0 amide bonds. The molecule has 0 spiro atoms. The first-order chi connectivity index (χ1) is 9.16. The molecule has 2 N–H and O–H groups in total. The number of anilines is 1. The number of carbonyl (C=O) groups is 1. The number of hydrogen-bond acceptors (Lipinski definition) is 4. The third-order valence-corrected chi connectivity index (χ3v) is 2.67. The van der Waals surface area contributed by atoms with Crippen LogP contribution in [0.25, 0.3) is 0 Å². The standard InChI is InChI=1S/C14H15N3O2/c1-10(9-11-5-3-2-4-6-11)17-13-12(14(18)19)15-7-8-16-13/h2-8,10H,9H2,1H3,(H,16,17)(H,18,19). The third kappa shape index (κ3) is 3.51. The van der Waals surface area contributed by atoms with Gasteiger partial charge in [0.25, 0.3) is 0 Å². The SMILES string of the molecule is CC(Cc1ccccc1)Nc1nccnc1C(=O)O. The second-order valence-electron chi connectivity index (χ2n) is 4.29. The van der Waals surface area contributed by atoms with E-state index in [2.05, 4.69) is 15.3 Å². The highest BCUT2D eigenvalue weighted by Crippen LogP contribution is 2.12. The van der Waals surface area contributed by atoms with Crippen LogP contribution in [0.15, 0.2) is 42.7 Å². The van der Waals surface area contributed by atoms with Gasteiger partial charge in [-0.15, -0.1) is 0 Å². The lowest BCUT2D eigenvalue weighted by Gasteiger charge is -2.15. The van der Waals surface area contributed by atoms with E-state index in [1.807, 2.05) is 37.3 Å². The molecule has 1 atom stereocenters. The fourth-order valence-electron chi connectivity index (χ4n) is 1.85. The first-order valence-electron chi connectivity index (χ1n) is 6.01. The van der Waals surface area contributed by atoms with Crippen molar-refractivity contribution in [2.24, 2.45) is 0 Å². The van der Waals surface area contributed by atoms with E-state index in [1.165, 1.54) is 18.0 Å². The summed E-state index contributed by atoms with van der Waals surface area (Å²) in [6.07, 6.45) is 3.64. The molecule has 2 rings (SSSR count). The lowest BCUT2D eigenvalue weighted by molar-refractivity contribution is 0.0691. The maximum atomic E-state index is 11.0. The highest BCUT2D eigenvalue weighted by atomic mass is 16.4. The summed E-state index contributed by atoms with van der Waals surface area (Å²) < 4.78 is 0. The molecule has 0 aliphatic heterocycles. The average Bonchev–Trinajstić information content (AvgIpc) is 2.40. The van der Waals surface area contributed by atoms with Crippen LogP contribution in [-0.4, -0.2) is 27.1 Å². The van der Waals surface area contributed by atoms with Gasteiger partial charge >= 0.3 is 5.97 Å². The Labute approximate surface area is 111 Å². The average molecular weight is 257 g/mol. The van der Waals surface area contributed by atoms with E-state index in [4.69, 9.17) is 5.11 Å². The molecule has 0 aliphatic rings. The monoisotopic (exact) mass is 257 g/mol. The molecule has 5 heteroatoms. The molecule has 98 valence electrons. The molecule has 1 aromatic heterocycles. The van der Waals surface area contributed by atoms with Gasteiger partial charge in [0.05, 0.1) is 0 Å². The molecule has 0 radical (unpaired) electrons. The normalized spacial score (nSPS) is 11.8. The molecule has 0 aliphatic carbocycles. The molecule has 1 aromatic carbocycles. The van der Waals surface area contributed by atoms with Crippen molar-refractivity contribution in [2.75, 3.05) is 5.32 Å². The number of aromatic carboxylic acids is 1. The molecule has 0 saturated heterocycles. The third-order valence-electron chi connectivity index (χ3n) is 2.67. The number of nitrogens with zero attached hydrogens (tertiary/aromatic N) is 2. The number of nitrogens with one attached hydrogen (secondary N) is 1. The van der Waals surface area contributed by atoms with Gasteiger partial charge in [0.2, 0.25) is 0 Å². The Hall–Kier alpha value is -2.43. The summed E-state index contributed by atoms with van der Waals surface area (Å²) in [6, 6.07) is 10.1. The summed E-state index contributed by atoms with van der Waals surface area (Å²) in [7, 11) is 0. The van der Waals surface area contributed by atoms with Crippen molar-refractivity contribution in [1.82, 2.24) is 9.97 Å². The van der Waals surface area contributed by atoms with E-state index in [-0.39, 0.29) is 11.7 Å². The Bertz CT molecular complexity index is 558. The highest BCUT2D eigenvalue weighted by Gasteiger charge is 2.14. The number of carboxylic acid groups (broad SMARTS) is 1. The number of carboxylic acids is 1. The van der Waals surface area contributed by atoms with Gasteiger partial charge in [0, 0.05) is 18.4 Å². The van der Waals surface area contributed by atoms with Gasteiger partial charge in [-0.25, -0.2) is 14.8 Å². The minimum atomic E-state index is -1.08. The van der Waals surface area contributed by atoms with Crippen LogP contribution in [0.3, 0.4) is 0 Å². The van der Waals surface area contributed by atoms with Gasteiger partial charge in [0.1, 0.15) is 0 Å². The predicted octanol–water partition coefficient (Wildman–Crippen LogP) is 2.22. The molecule has 5 nitrogen and oxygen atoms in total. The van der Waals surface area contributed by atoms with Gasteiger partial charge in [-0.3, -0.25) is 0 Å². The van der Waals surface area contributed by atoms with E-state index in [0.717, 1.165) is 6.42 Å². The van der Waals surface area contributed by atoms with Crippen molar-refractivity contribution in [1.29, 1.82) is 0 Å².